The Labute approximate surface area is 155 Å². The quantitative estimate of drug-likeness (QED) is 0.457. The van der Waals surface area contributed by atoms with Gasteiger partial charge >= 0.3 is 0 Å². The topological polar surface area (TPSA) is 30.2 Å². The summed E-state index contributed by atoms with van der Waals surface area (Å²) in [5.41, 5.74) is 4.83. The largest absolute Gasteiger partial charge is 0.274 e. The summed E-state index contributed by atoms with van der Waals surface area (Å²) in [4.78, 5) is 9.71. The highest BCUT2D eigenvalue weighted by molar-refractivity contribution is 6.32. The molecule has 0 aliphatic carbocycles. The predicted molar refractivity (Wildman–Crippen MR) is 106 cm³/mol. The molecule has 0 unspecified atom stereocenters. The first-order valence-electron chi connectivity index (χ1n) is 8.40. The van der Waals surface area contributed by atoms with Gasteiger partial charge < -0.3 is 0 Å². The maximum absolute atomic E-state index is 6.34. The van der Waals surface area contributed by atoms with Gasteiger partial charge in [0.1, 0.15) is 11.2 Å². The van der Waals surface area contributed by atoms with Gasteiger partial charge in [0.2, 0.25) is 0 Å². The third-order valence-corrected chi connectivity index (χ3v) is 4.80. The first-order chi connectivity index (χ1) is 12.8. The van der Waals surface area contributed by atoms with Crippen LogP contribution in [0.15, 0.2) is 78.9 Å². The van der Waals surface area contributed by atoms with Gasteiger partial charge in [-0.2, -0.15) is 0 Å². The van der Waals surface area contributed by atoms with E-state index in [2.05, 4.69) is 22.6 Å². The molecule has 124 valence electrons. The molecule has 0 fully saturated rings. The van der Waals surface area contributed by atoms with E-state index in [1.165, 1.54) is 0 Å². The number of para-hydroxylation sites is 2. The SMILES string of the molecule is Clc1ccccc1/C=c1\nc(-c2ccccc2)n2c1nc1ccccc12. The van der Waals surface area contributed by atoms with Crippen LogP contribution in [-0.4, -0.2) is 14.4 Å². The summed E-state index contributed by atoms with van der Waals surface area (Å²) in [6, 6.07) is 26.1. The van der Waals surface area contributed by atoms with Gasteiger partial charge in [0, 0.05) is 10.6 Å². The van der Waals surface area contributed by atoms with Crippen molar-refractivity contribution in [1.29, 1.82) is 0 Å². The second-order valence-corrected chi connectivity index (χ2v) is 6.52. The third kappa shape index (κ3) is 2.37. The van der Waals surface area contributed by atoms with Gasteiger partial charge in [-0.15, -0.1) is 0 Å². The van der Waals surface area contributed by atoms with E-state index < -0.39 is 0 Å². The number of benzene rings is 3. The van der Waals surface area contributed by atoms with Gasteiger partial charge in [-0.1, -0.05) is 72.3 Å². The van der Waals surface area contributed by atoms with E-state index >= 15 is 0 Å². The number of aromatic nitrogens is 3. The molecule has 0 atom stereocenters. The van der Waals surface area contributed by atoms with Crippen LogP contribution >= 0.6 is 11.6 Å². The van der Waals surface area contributed by atoms with E-state index in [0.717, 1.165) is 39.0 Å². The van der Waals surface area contributed by atoms with E-state index in [-0.39, 0.29) is 0 Å². The smallest absolute Gasteiger partial charge is 0.165 e. The Balaban J connectivity index is 1.90. The lowest BCUT2D eigenvalue weighted by atomic mass is 10.2. The first kappa shape index (κ1) is 15.1. The lowest BCUT2D eigenvalue weighted by Gasteiger charge is -1.99. The molecule has 0 saturated heterocycles. The lowest BCUT2D eigenvalue weighted by molar-refractivity contribution is 1.22. The Morgan fingerprint density at radius 2 is 1.50 bits per heavy atom. The van der Waals surface area contributed by atoms with Crippen molar-refractivity contribution >= 4 is 34.4 Å². The van der Waals surface area contributed by atoms with Crippen molar-refractivity contribution in [3.8, 4) is 11.4 Å². The highest BCUT2D eigenvalue weighted by atomic mass is 35.5. The second-order valence-electron chi connectivity index (χ2n) is 6.11. The Morgan fingerprint density at radius 3 is 2.35 bits per heavy atom. The van der Waals surface area contributed by atoms with Crippen LogP contribution < -0.4 is 5.35 Å². The van der Waals surface area contributed by atoms with Crippen molar-refractivity contribution in [1.82, 2.24) is 14.4 Å². The molecule has 0 saturated carbocycles. The fourth-order valence-corrected chi connectivity index (χ4v) is 3.43. The molecule has 0 amide bonds. The summed E-state index contributed by atoms with van der Waals surface area (Å²) in [5, 5.41) is 1.51. The Bertz CT molecular complexity index is 1290. The van der Waals surface area contributed by atoms with Gasteiger partial charge in [-0.25, -0.2) is 9.97 Å². The molecule has 4 heteroatoms. The minimum atomic E-state index is 0.700. The molecule has 5 rings (SSSR count). The van der Waals surface area contributed by atoms with Gasteiger partial charge in [0.15, 0.2) is 5.65 Å². The number of fused-ring (bicyclic) bond motifs is 3. The number of imidazole rings is 2. The van der Waals surface area contributed by atoms with E-state index in [1.54, 1.807) is 0 Å². The molecule has 0 N–H and O–H groups in total. The lowest BCUT2D eigenvalue weighted by Crippen LogP contribution is -2.03. The molecule has 2 heterocycles. The normalized spacial score (nSPS) is 12.3. The molecule has 0 radical (unpaired) electrons. The number of hydrogen-bond donors (Lipinski definition) is 0. The molecule has 3 nitrogen and oxygen atoms in total. The molecular weight excluding hydrogens is 342 g/mol. The van der Waals surface area contributed by atoms with Crippen LogP contribution in [0.5, 0.6) is 0 Å². The molecule has 0 aliphatic heterocycles. The maximum atomic E-state index is 6.34. The van der Waals surface area contributed by atoms with Gasteiger partial charge in [-0.3, -0.25) is 4.40 Å². The van der Waals surface area contributed by atoms with Crippen molar-refractivity contribution in [2.75, 3.05) is 0 Å². The summed E-state index contributed by atoms with van der Waals surface area (Å²) >= 11 is 6.34. The third-order valence-electron chi connectivity index (χ3n) is 4.46. The highest BCUT2D eigenvalue weighted by Gasteiger charge is 2.14. The summed E-state index contributed by atoms with van der Waals surface area (Å²) in [5.74, 6) is 0.882. The molecular formula is C22H14ClN3. The Morgan fingerprint density at radius 1 is 0.769 bits per heavy atom. The van der Waals surface area contributed by atoms with E-state index in [9.17, 15) is 0 Å². The summed E-state index contributed by atoms with van der Waals surface area (Å²) in [6.07, 6.45) is 2.00. The van der Waals surface area contributed by atoms with Crippen molar-refractivity contribution in [2.24, 2.45) is 0 Å². The molecule has 2 aromatic heterocycles. The molecule has 0 aliphatic rings. The van der Waals surface area contributed by atoms with E-state index in [1.807, 2.05) is 66.7 Å². The molecule has 0 bridgehead atoms. The van der Waals surface area contributed by atoms with E-state index in [0.29, 0.717) is 5.02 Å². The van der Waals surface area contributed by atoms with Gasteiger partial charge in [-0.05, 0) is 29.8 Å². The average molecular weight is 356 g/mol. The zero-order valence-corrected chi connectivity index (χ0v) is 14.6. The fraction of sp³-hybridized carbons (Fsp3) is 0. The Kier molecular flexibility index (Phi) is 3.47. The van der Waals surface area contributed by atoms with Gasteiger partial charge in [0.25, 0.3) is 0 Å². The minimum absolute atomic E-state index is 0.700. The number of hydrogen-bond acceptors (Lipinski definition) is 2. The Hall–Kier alpha value is -3.17. The minimum Gasteiger partial charge on any atom is -0.274 e. The standard InChI is InChI=1S/C22H14ClN3/c23-17-11-5-4-10-16(17)14-19-22-24-18-12-6-7-13-20(18)26(22)21(25-19)15-8-2-1-3-9-15/h1-14H/b19-14-. The summed E-state index contributed by atoms with van der Waals surface area (Å²) < 4.78 is 2.12. The van der Waals surface area contributed by atoms with Crippen LogP contribution in [0, 0.1) is 0 Å². The second kappa shape index (κ2) is 5.97. The predicted octanol–water partition coefficient (Wildman–Crippen LogP) is 4.75. The van der Waals surface area contributed by atoms with Crippen molar-refractivity contribution in [3.63, 3.8) is 0 Å². The zero-order valence-electron chi connectivity index (χ0n) is 13.8. The van der Waals surface area contributed by atoms with E-state index in [4.69, 9.17) is 21.6 Å². The molecule has 0 spiro atoms. The average Bonchev–Trinajstić information content (AvgIpc) is 3.22. The monoisotopic (exact) mass is 355 g/mol. The van der Waals surface area contributed by atoms with Crippen LogP contribution in [0.2, 0.25) is 5.02 Å². The van der Waals surface area contributed by atoms with Crippen molar-refractivity contribution in [2.45, 2.75) is 0 Å². The van der Waals surface area contributed by atoms with Gasteiger partial charge in [0.05, 0.1) is 11.0 Å². The fourth-order valence-electron chi connectivity index (χ4n) is 3.24. The zero-order chi connectivity index (χ0) is 17.5. The number of halogens is 1. The molecule has 3 aromatic carbocycles. The molecule has 26 heavy (non-hydrogen) atoms. The number of nitrogens with zero attached hydrogens (tertiary/aromatic N) is 3. The van der Waals surface area contributed by atoms with Crippen LogP contribution in [0.25, 0.3) is 34.1 Å². The highest BCUT2D eigenvalue weighted by Crippen LogP contribution is 2.23. The van der Waals surface area contributed by atoms with Crippen molar-refractivity contribution < 1.29 is 0 Å². The summed E-state index contributed by atoms with van der Waals surface area (Å²) in [7, 11) is 0. The number of rotatable bonds is 2. The molecule has 5 aromatic rings. The van der Waals surface area contributed by atoms with Crippen LogP contribution in [0.1, 0.15) is 5.56 Å². The van der Waals surface area contributed by atoms with Crippen LogP contribution in [0.4, 0.5) is 0 Å². The van der Waals surface area contributed by atoms with Crippen LogP contribution in [0.3, 0.4) is 0 Å². The van der Waals surface area contributed by atoms with Crippen molar-refractivity contribution in [3.05, 3.63) is 94.8 Å². The maximum Gasteiger partial charge on any atom is 0.165 e. The first-order valence-corrected chi connectivity index (χ1v) is 8.77. The summed E-state index contributed by atoms with van der Waals surface area (Å²) in [6.45, 7) is 0. The van der Waals surface area contributed by atoms with Crippen LogP contribution in [-0.2, 0) is 0 Å².